The summed E-state index contributed by atoms with van der Waals surface area (Å²) in [6, 6.07) is 10.5. The first kappa shape index (κ1) is 13.3. The van der Waals surface area contributed by atoms with Crippen LogP contribution >= 0.6 is 45.5 Å². The van der Waals surface area contributed by atoms with E-state index < -0.39 is 0 Å². The normalized spacial score (nSPS) is 12.6. The smallest absolute Gasteiger partial charge is 0.0656 e. The van der Waals surface area contributed by atoms with Crippen LogP contribution in [0.4, 0.5) is 0 Å². The lowest BCUT2D eigenvalue weighted by Crippen LogP contribution is -2.21. The van der Waals surface area contributed by atoms with E-state index in [0.29, 0.717) is 0 Å². The minimum absolute atomic E-state index is 0.261. The van der Waals surface area contributed by atoms with E-state index in [1.54, 1.807) is 11.3 Å². The second kappa shape index (κ2) is 6.18. The Morgan fingerprint density at radius 3 is 2.53 bits per heavy atom. The average molecular weight is 378 g/mol. The van der Waals surface area contributed by atoms with Gasteiger partial charge in [0, 0.05) is 5.02 Å². The molecule has 1 nitrogen and oxygen atoms in total. The molecule has 0 aliphatic rings. The molecule has 0 aliphatic heterocycles. The van der Waals surface area contributed by atoms with Crippen LogP contribution in [0.3, 0.4) is 0 Å². The monoisotopic (exact) mass is 377 g/mol. The maximum absolute atomic E-state index is 5.92. The maximum Gasteiger partial charge on any atom is 0.0656 e. The van der Waals surface area contributed by atoms with Crippen LogP contribution in [0.15, 0.2) is 35.7 Å². The summed E-state index contributed by atoms with van der Waals surface area (Å²) in [6.45, 7) is 3.07. The van der Waals surface area contributed by atoms with Crippen LogP contribution in [0.1, 0.15) is 24.1 Å². The lowest BCUT2D eigenvalue weighted by Gasteiger charge is -2.17. The van der Waals surface area contributed by atoms with Crippen LogP contribution in [0.2, 0.25) is 5.02 Å². The van der Waals surface area contributed by atoms with Crippen LogP contribution in [0.5, 0.6) is 0 Å². The summed E-state index contributed by atoms with van der Waals surface area (Å²) in [4.78, 5) is 0. The zero-order valence-corrected chi connectivity index (χ0v) is 13.1. The van der Waals surface area contributed by atoms with Gasteiger partial charge in [0.05, 0.1) is 8.93 Å². The summed E-state index contributed by atoms with van der Waals surface area (Å²) >= 11 is 10.1. The highest BCUT2D eigenvalue weighted by Crippen LogP contribution is 2.28. The standard InChI is InChI=1S/C13H13ClINS/c1-2-16-13(10-7-12(15)17-8-10)9-3-5-11(14)6-4-9/h3-8,13,16H,2H2,1H3. The highest BCUT2D eigenvalue weighted by atomic mass is 127. The van der Waals surface area contributed by atoms with Gasteiger partial charge in [0.25, 0.3) is 0 Å². The van der Waals surface area contributed by atoms with Crippen molar-refractivity contribution in [1.82, 2.24) is 5.32 Å². The van der Waals surface area contributed by atoms with Gasteiger partial charge in [-0.2, -0.15) is 0 Å². The summed E-state index contributed by atoms with van der Waals surface area (Å²) in [5.74, 6) is 0. The minimum atomic E-state index is 0.261. The Bertz CT molecular complexity index is 480. The molecule has 90 valence electrons. The number of hydrogen-bond donors (Lipinski definition) is 1. The minimum Gasteiger partial charge on any atom is -0.307 e. The van der Waals surface area contributed by atoms with Crippen LogP contribution in [-0.4, -0.2) is 6.54 Å². The number of rotatable bonds is 4. The molecule has 0 radical (unpaired) electrons. The first-order valence-electron chi connectivity index (χ1n) is 5.43. The molecule has 1 aromatic heterocycles. The fourth-order valence-electron chi connectivity index (χ4n) is 1.76. The van der Waals surface area contributed by atoms with Crippen molar-refractivity contribution in [3.63, 3.8) is 0 Å². The largest absolute Gasteiger partial charge is 0.307 e. The van der Waals surface area contributed by atoms with Gasteiger partial charge >= 0.3 is 0 Å². The molecule has 4 heteroatoms. The second-order valence-electron chi connectivity index (χ2n) is 3.73. The Hall–Kier alpha value is -0.100. The van der Waals surface area contributed by atoms with E-state index in [0.717, 1.165) is 11.6 Å². The number of halogens is 2. The van der Waals surface area contributed by atoms with Gasteiger partial charge in [0.15, 0.2) is 0 Å². The van der Waals surface area contributed by atoms with Gasteiger partial charge in [-0.15, -0.1) is 11.3 Å². The third-order valence-electron chi connectivity index (χ3n) is 2.53. The lowest BCUT2D eigenvalue weighted by atomic mass is 10.0. The van der Waals surface area contributed by atoms with Crippen LogP contribution in [0, 0.1) is 2.88 Å². The lowest BCUT2D eigenvalue weighted by molar-refractivity contribution is 0.632. The Morgan fingerprint density at radius 1 is 1.29 bits per heavy atom. The van der Waals surface area contributed by atoms with E-state index in [9.17, 15) is 0 Å². The Kier molecular flexibility index (Phi) is 4.85. The molecule has 0 bridgehead atoms. The summed E-state index contributed by atoms with van der Waals surface area (Å²) in [6.07, 6.45) is 0. The number of hydrogen-bond acceptors (Lipinski definition) is 2. The highest BCUT2D eigenvalue weighted by Gasteiger charge is 2.14. The SMILES string of the molecule is CCNC(c1ccc(Cl)cc1)c1csc(I)c1. The van der Waals surface area contributed by atoms with Gasteiger partial charge in [0.1, 0.15) is 0 Å². The molecule has 2 rings (SSSR count). The number of thiophene rings is 1. The fraction of sp³-hybridized carbons (Fsp3) is 0.231. The van der Waals surface area contributed by atoms with Crippen molar-refractivity contribution in [3.8, 4) is 0 Å². The van der Waals surface area contributed by atoms with Crippen LogP contribution < -0.4 is 5.32 Å². The zero-order valence-electron chi connectivity index (χ0n) is 9.41. The molecule has 0 aliphatic carbocycles. The van der Waals surface area contributed by atoms with Gasteiger partial charge in [-0.1, -0.05) is 30.7 Å². The Morgan fingerprint density at radius 2 is 2.00 bits per heavy atom. The molecule has 0 amide bonds. The molecular formula is C13H13ClINS. The summed E-state index contributed by atoms with van der Waals surface area (Å²) in [5.41, 5.74) is 2.58. The van der Waals surface area contributed by atoms with Crippen LogP contribution in [0.25, 0.3) is 0 Å². The first-order chi connectivity index (χ1) is 8.20. The van der Waals surface area contributed by atoms with Crippen LogP contribution in [-0.2, 0) is 0 Å². The molecule has 1 aromatic carbocycles. The van der Waals surface area contributed by atoms with Crippen molar-refractivity contribution < 1.29 is 0 Å². The molecule has 1 atom stereocenters. The predicted octanol–water partition coefficient (Wildman–Crippen LogP) is 4.71. The molecule has 1 unspecified atom stereocenters. The van der Waals surface area contributed by atoms with Gasteiger partial charge in [-0.25, -0.2) is 0 Å². The summed E-state index contributed by atoms with van der Waals surface area (Å²) in [5, 5.41) is 6.50. The summed E-state index contributed by atoms with van der Waals surface area (Å²) < 4.78 is 1.31. The molecule has 1 N–H and O–H groups in total. The third kappa shape index (κ3) is 3.44. The van der Waals surface area contributed by atoms with Gasteiger partial charge in [-0.3, -0.25) is 0 Å². The zero-order chi connectivity index (χ0) is 12.3. The molecule has 0 saturated carbocycles. The van der Waals surface area contributed by atoms with Gasteiger partial charge < -0.3 is 5.32 Å². The Balaban J connectivity index is 2.31. The highest BCUT2D eigenvalue weighted by molar-refractivity contribution is 14.1. The molecule has 2 aromatic rings. The van der Waals surface area contributed by atoms with Crippen molar-refractivity contribution >= 4 is 45.5 Å². The first-order valence-corrected chi connectivity index (χ1v) is 7.77. The second-order valence-corrected chi connectivity index (χ2v) is 6.97. The van der Waals surface area contributed by atoms with Gasteiger partial charge in [-0.05, 0) is 63.8 Å². The van der Waals surface area contributed by atoms with E-state index in [1.807, 2.05) is 12.1 Å². The molecule has 17 heavy (non-hydrogen) atoms. The van der Waals surface area contributed by atoms with E-state index in [1.165, 1.54) is 14.0 Å². The van der Waals surface area contributed by atoms with Crippen molar-refractivity contribution in [2.75, 3.05) is 6.54 Å². The molecule has 0 fully saturated rings. The maximum atomic E-state index is 5.92. The van der Waals surface area contributed by atoms with Gasteiger partial charge in [0.2, 0.25) is 0 Å². The fourth-order valence-corrected chi connectivity index (χ4v) is 3.29. The molecule has 0 saturated heterocycles. The summed E-state index contributed by atoms with van der Waals surface area (Å²) in [7, 11) is 0. The average Bonchev–Trinajstić information content (AvgIpc) is 2.74. The molecule has 1 heterocycles. The number of benzene rings is 1. The Labute approximate surface area is 124 Å². The van der Waals surface area contributed by atoms with E-state index >= 15 is 0 Å². The van der Waals surface area contributed by atoms with Crippen molar-refractivity contribution in [2.45, 2.75) is 13.0 Å². The topological polar surface area (TPSA) is 12.0 Å². The number of nitrogens with one attached hydrogen (secondary N) is 1. The van der Waals surface area contributed by atoms with Crippen molar-refractivity contribution in [2.24, 2.45) is 0 Å². The van der Waals surface area contributed by atoms with Crippen molar-refractivity contribution in [1.29, 1.82) is 0 Å². The molecular weight excluding hydrogens is 365 g/mol. The van der Waals surface area contributed by atoms with E-state index in [2.05, 4.69) is 58.4 Å². The van der Waals surface area contributed by atoms with Crippen molar-refractivity contribution in [3.05, 3.63) is 54.7 Å². The quantitative estimate of drug-likeness (QED) is 0.761. The third-order valence-corrected chi connectivity index (χ3v) is 4.59. The molecule has 0 spiro atoms. The van der Waals surface area contributed by atoms with E-state index in [-0.39, 0.29) is 6.04 Å². The van der Waals surface area contributed by atoms with E-state index in [4.69, 9.17) is 11.6 Å². The predicted molar refractivity (Wildman–Crippen MR) is 84.0 cm³/mol.